The molecule has 0 unspecified atom stereocenters. The van der Waals surface area contributed by atoms with E-state index in [1.165, 1.54) is 24.6 Å². The summed E-state index contributed by atoms with van der Waals surface area (Å²) in [5, 5.41) is 0.929. The number of sulfonamides is 1. The lowest BCUT2D eigenvalue weighted by Crippen LogP contribution is -2.33. The van der Waals surface area contributed by atoms with Crippen LogP contribution in [-0.2, 0) is 16.4 Å². The fourth-order valence-corrected chi connectivity index (χ4v) is 5.84. The van der Waals surface area contributed by atoms with Gasteiger partial charge in [0.05, 0.1) is 16.1 Å². The Morgan fingerprint density at radius 2 is 1.77 bits per heavy atom. The van der Waals surface area contributed by atoms with Crippen molar-refractivity contribution in [3.8, 4) is 0 Å². The molecule has 7 heteroatoms. The highest BCUT2D eigenvalue weighted by molar-refractivity contribution is 7.99. The second kappa shape index (κ2) is 10.0. The van der Waals surface area contributed by atoms with Gasteiger partial charge in [-0.1, -0.05) is 35.9 Å². The number of unbranched alkanes of at least 4 members (excludes halogenated alkanes) is 1. The molecule has 0 radical (unpaired) electrons. The molecule has 164 valence electrons. The minimum atomic E-state index is -3.66. The molecule has 1 aliphatic rings. The third-order valence-electron chi connectivity index (χ3n) is 5.61. The fourth-order valence-electron chi connectivity index (χ4n) is 3.80. The SMILES string of the molecule is Cc1ccc(S(=O)(=O)Nc2cccc3ccc(CCCCN4CCSCC4)nc23)cc1. The Kier molecular flexibility index (Phi) is 7.15. The van der Waals surface area contributed by atoms with Crippen LogP contribution in [0, 0.1) is 6.92 Å². The van der Waals surface area contributed by atoms with Crippen molar-refractivity contribution in [2.45, 2.75) is 31.1 Å². The molecule has 4 rings (SSSR count). The van der Waals surface area contributed by atoms with Gasteiger partial charge in [-0.05, 0) is 57.0 Å². The third kappa shape index (κ3) is 5.79. The number of thioether (sulfide) groups is 1. The molecule has 2 aromatic carbocycles. The largest absolute Gasteiger partial charge is 0.302 e. The molecule has 1 aliphatic heterocycles. The van der Waals surface area contributed by atoms with Crippen LogP contribution in [0.1, 0.15) is 24.1 Å². The standard InChI is InChI=1S/C24H29N3O2S2/c1-19-8-12-22(13-9-19)31(28,29)26-23-7-4-5-20-10-11-21(25-24(20)23)6-2-3-14-27-15-17-30-18-16-27/h4-5,7-13,26H,2-3,6,14-18H2,1H3. The molecule has 0 atom stereocenters. The molecule has 2 heterocycles. The molecule has 0 aliphatic carbocycles. The van der Waals surface area contributed by atoms with Crippen LogP contribution in [0.25, 0.3) is 10.9 Å². The lowest BCUT2D eigenvalue weighted by molar-refractivity contribution is 0.295. The molecule has 1 fully saturated rings. The Balaban J connectivity index is 1.46. The molecular weight excluding hydrogens is 426 g/mol. The normalized spacial score (nSPS) is 15.3. The number of aromatic nitrogens is 1. The maximum atomic E-state index is 12.9. The molecule has 1 aromatic heterocycles. The Hall–Kier alpha value is -2.09. The lowest BCUT2D eigenvalue weighted by atomic mass is 10.1. The van der Waals surface area contributed by atoms with E-state index in [1.54, 1.807) is 30.3 Å². The van der Waals surface area contributed by atoms with Gasteiger partial charge in [0.2, 0.25) is 0 Å². The quantitative estimate of drug-likeness (QED) is 0.498. The van der Waals surface area contributed by atoms with Gasteiger partial charge in [-0.15, -0.1) is 0 Å². The predicted molar refractivity (Wildman–Crippen MR) is 130 cm³/mol. The summed E-state index contributed by atoms with van der Waals surface area (Å²) in [6.45, 7) is 5.48. The minimum absolute atomic E-state index is 0.252. The lowest BCUT2D eigenvalue weighted by Gasteiger charge is -2.25. The first-order valence-electron chi connectivity index (χ1n) is 10.8. The number of anilines is 1. The van der Waals surface area contributed by atoms with Gasteiger partial charge >= 0.3 is 0 Å². The van der Waals surface area contributed by atoms with Crippen LogP contribution in [0.4, 0.5) is 5.69 Å². The molecule has 0 saturated carbocycles. The summed E-state index contributed by atoms with van der Waals surface area (Å²) in [7, 11) is -3.66. The topological polar surface area (TPSA) is 62.3 Å². The number of fused-ring (bicyclic) bond motifs is 1. The maximum absolute atomic E-state index is 12.9. The van der Waals surface area contributed by atoms with Crippen LogP contribution in [-0.4, -0.2) is 49.4 Å². The van der Waals surface area contributed by atoms with Crippen molar-refractivity contribution >= 4 is 38.4 Å². The highest BCUT2D eigenvalue weighted by Gasteiger charge is 2.16. The van der Waals surface area contributed by atoms with E-state index < -0.39 is 10.0 Å². The second-order valence-electron chi connectivity index (χ2n) is 8.01. The van der Waals surface area contributed by atoms with Crippen molar-refractivity contribution in [2.75, 3.05) is 35.9 Å². The highest BCUT2D eigenvalue weighted by atomic mass is 32.2. The monoisotopic (exact) mass is 455 g/mol. The Morgan fingerprint density at radius 3 is 2.55 bits per heavy atom. The van der Waals surface area contributed by atoms with E-state index >= 15 is 0 Å². The van der Waals surface area contributed by atoms with E-state index in [-0.39, 0.29) is 4.90 Å². The van der Waals surface area contributed by atoms with Crippen molar-refractivity contribution in [3.05, 3.63) is 65.9 Å². The first kappa shape index (κ1) is 22.1. The molecule has 0 bridgehead atoms. The summed E-state index contributed by atoms with van der Waals surface area (Å²) in [5.41, 5.74) is 3.24. The van der Waals surface area contributed by atoms with Crippen molar-refractivity contribution in [1.82, 2.24) is 9.88 Å². The van der Waals surface area contributed by atoms with Crippen molar-refractivity contribution in [3.63, 3.8) is 0 Å². The smallest absolute Gasteiger partial charge is 0.261 e. The van der Waals surface area contributed by atoms with Gasteiger partial charge < -0.3 is 4.90 Å². The summed E-state index contributed by atoms with van der Waals surface area (Å²) >= 11 is 2.04. The van der Waals surface area contributed by atoms with Crippen LogP contribution in [0.15, 0.2) is 59.5 Å². The number of hydrogen-bond acceptors (Lipinski definition) is 5. The first-order valence-corrected chi connectivity index (χ1v) is 13.4. The molecule has 0 spiro atoms. The Morgan fingerprint density at radius 1 is 1.00 bits per heavy atom. The van der Waals surface area contributed by atoms with Crippen LogP contribution < -0.4 is 4.72 Å². The minimum Gasteiger partial charge on any atom is -0.302 e. The number of nitrogens with one attached hydrogen (secondary N) is 1. The fraction of sp³-hybridized carbons (Fsp3) is 0.375. The molecule has 31 heavy (non-hydrogen) atoms. The van der Waals surface area contributed by atoms with Gasteiger partial charge in [0.25, 0.3) is 10.0 Å². The molecule has 5 nitrogen and oxygen atoms in total. The number of aryl methyl sites for hydroxylation is 2. The molecule has 3 aromatic rings. The van der Waals surface area contributed by atoms with E-state index in [0.29, 0.717) is 11.2 Å². The molecule has 1 saturated heterocycles. The Labute approximate surface area is 189 Å². The van der Waals surface area contributed by atoms with Gasteiger partial charge in [-0.25, -0.2) is 8.42 Å². The van der Waals surface area contributed by atoms with E-state index in [4.69, 9.17) is 4.98 Å². The summed E-state index contributed by atoms with van der Waals surface area (Å²) in [4.78, 5) is 7.60. The summed E-state index contributed by atoms with van der Waals surface area (Å²) < 4.78 is 28.5. The first-order chi connectivity index (χ1) is 15.0. The zero-order valence-corrected chi connectivity index (χ0v) is 19.5. The summed E-state index contributed by atoms with van der Waals surface area (Å²) in [5.74, 6) is 2.49. The van der Waals surface area contributed by atoms with Crippen molar-refractivity contribution in [2.24, 2.45) is 0 Å². The van der Waals surface area contributed by atoms with Crippen LogP contribution in [0.5, 0.6) is 0 Å². The second-order valence-corrected chi connectivity index (χ2v) is 10.9. The van der Waals surface area contributed by atoms with E-state index in [1.807, 2.05) is 36.9 Å². The van der Waals surface area contributed by atoms with E-state index in [0.717, 1.165) is 42.5 Å². The number of nitrogens with zero attached hydrogens (tertiary/aromatic N) is 2. The highest BCUT2D eigenvalue weighted by Crippen LogP contribution is 2.25. The predicted octanol–water partition coefficient (Wildman–Crippen LogP) is 4.72. The van der Waals surface area contributed by atoms with Crippen molar-refractivity contribution in [1.29, 1.82) is 0 Å². The van der Waals surface area contributed by atoms with Gasteiger partial charge in [0, 0.05) is 35.7 Å². The summed E-state index contributed by atoms with van der Waals surface area (Å²) in [6, 6.07) is 16.5. The number of hydrogen-bond donors (Lipinski definition) is 1. The zero-order valence-electron chi connectivity index (χ0n) is 17.9. The number of para-hydroxylation sites is 1. The zero-order chi connectivity index (χ0) is 21.7. The van der Waals surface area contributed by atoms with E-state index in [9.17, 15) is 8.42 Å². The van der Waals surface area contributed by atoms with Crippen LogP contribution >= 0.6 is 11.8 Å². The van der Waals surface area contributed by atoms with Gasteiger partial charge in [0.1, 0.15) is 0 Å². The maximum Gasteiger partial charge on any atom is 0.261 e. The average Bonchev–Trinajstić information content (AvgIpc) is 2.78. The molecule has 0 amide bonds. The molecule has 1 N–H and O–H groups in total. The number of rotatable bonds is 8. The Bertz CT molecular complexity index is 1130. The average molecular weight is 456 g/mol. The third-order valence-corrected chi connectivity index (χ3v) is 7.94. The van der Waals surface area contributed by atoms with Gasteiger partial charge in [-0.2, -0.15) is 11.8 Å². The van der Waals surface area contributed by atoms with E-state index in [2.05, 4.69) is 15.7 Å². The number of pyridine rings is 1. The van der Waals surface area contributed by atoms with Crippen LogP contribution in [0.2, 0.25) is 0 Å². The molecular formula is C24H29N3O2S2. The van der Waals surface area contributed by atoms with Crippen molar-refractivity contribution < 1.29 is 8.42 Å². The summed E-state index contributed by atoms with van der Waals surface area (Å²) in [6.07, 6.45) is 3.14. The number of benzene rings is 2. The van der Waals surface area contributed by atoms with Gasteiger partial charge in [0.15, 0.2) is 0 Å². The van der Waals surface area contributed by atoms with Crippen LogP contribution in [0.3, 0.4) is 0 Å². The van der Waals surface area contributed by atoms with Gasteiger partial charge in [-0.3, -0.25) is 9.71 Å².